The fourth-order valence-corrected chi connectivity index (χ4v) is 2.12. The molecule has 0 radical (unpaired) electrons. The molecule has 0 aliphatic carbocycles. The normalized spacial score (nSPS) is 10.6. The molecular formula is C10H9Br2N3. The molecule has 1 heterocycles. The molecule has 2 aromatic rings. The summed E-state index contributed by atoms with van der Waals surface area (Å²) in [5, 5.41) is 4.32. The number of nitrogen functional groups attached to an aromatic ring is 1. The van der Waals surface area contributed by atoms with Crippen molar-refractivity contribution in [3.8, 4) is 11.3 Å². The van der Waals surface area contributed by atoms with E-state index in [4.69, 9.17) is 5.73 Å². The third-order valence-corrected chi connectivity index (χ3v) is 3.31. The van der Waals surface area contributed by atoms with Gasteiger partial charge >= 0.3 is 0 Å². The van der Waals surface area contributed by atoms with Gasteiger partial charge in [0.2, 0.25) is 0 Å². The molecule has 0 saturated heterocycles. The topological polar surface area (TPSA) is 43.8 Å². The van der Waals surface area contributed by atoms with Crippen LogP contribution in [-0.4, -0.2) is 9.78 Å². The van der Waals surface area contributed by atoms with Crippen LogP contribution in [0.4, 0.5) is 5.82 Å². The van der Waals surface area contributed by atoms with Crippen molar-refractivity contribution < 1.29 is 0 Å². The van der Waals surface area contributed by atoms with Crippen LogP contribution in [0.15, 0.2) is 33.2 Å². The number of rotatable bonds is 1. The molecule has 0 fully saturated rings. The first-order valence-corrected chi connectivity index (χ1v) is 5.91. The first-order valence-electron chi connectivity index (χ1n) is 4.33. The van der Waals surface area contributed by atoms with Crippen LogP contribution in [-0.2, 0) is 7.05 Å². The van der Waals surface area contributed by atoms with Gasteiger partial charge in [-0.25, -0.2) is 0 Å². The Morgan fingerprint density at radius 1 is 1.27 bits per heavy atom. The van der Waals surface area contributed by atoms with Gasteiger partial charge in [0.05, 0.1) is 5.69 Å². The zero-order valence-corrected chi connectivity index (χ0v) is 11.2. The third kappa shape index (κ3) is 2.08. The minimum atomic E-state index is 0.650. The second-order valence-corrected chi connectivity index (χ2v) is 4.97. The number of benzene rings is 1. The Labute approximate surface area is 105 Å². The van der Waals surface area contributed by atoms with Gasteiger partial charge in [0, 0.05) is 27.6 Å². The number of aromatic nitrogens is 2. The zero-order chi connectivity index (χ0) is 11.0. The Hall–Kier alpha value is -0.810. The first kappa shape index (κ1) is 10.7. The minimum Gasteiger partial charge on any atom is -0.384 e. The van der Waals surface area contributed by atoms with Gasteiger partial charge in [-0.15, -0.1) is 0 Å². The molecule has 78 valence electrons. The number of nitrogens with two attached hydrogens (primary N) is 1. The number of anilines is 1. The lowest BCUT2D eigenvalue weighted by Crippen LogP contribution is -1.96. The summed E-state index contributed by atoms with van der Waals surface area (Å²) in [4.78, 5) is 0. The summed E-state index contributed by atoms with van der Waals surface area (Å²) in [5.74, 6) is 0.650. The van der Waals surface area contributed by atoms with Gasteiger partial charge in [-0.1, -0.05) is 31.9 Å². The van der Waals surface area contributed by atoms with E-state index in [0.29, 0.717) is 5.82 Å². The Morgan fingerprint density at radius 3 is 2.60 bits per heavy atom. The molecule has 3 nitrogen and oxygen atoms in total. The average Bonchev–Trinajstić information content (AvgIpc) is 2.51. The number of aryl methyl sites for hydroxylation is 1. The van der Waals surface area contributed by atoms with Gasteiger partial charge in [0.25, 0.3) is 0 Å². The SMILES string of the molecule is Cn1nc(-c2cc(Br)ccc2Br)cc1N. The van der Waals surface area contributed by atoms with Crippen LogP contribution in [0.1, 0.15) is 0 Å². The van der Waals surface area contributed by atoms with Gasteiger partial charge in [0.1, 0.15) is 5.82 Å². The molecule has 0 unspecified atom stereocenters. The van der Waals surface area contributed by atoms with Crippen molar-refractivity contribution in [1.29, 1.82) is 0 Å². The minimum absolute atomic E-state index is 0.650. The Bertz CT molecular complexity index is 486. The zero-order valence-electron chi connectivity index (χ0n) is 8.04. The molecule has 0 aliphatic rings. The van der Waals surface area contributed by atoms with Crippen molar-refractivity contribution in [1.82, 2.24) is 9.78 Å². The molecule has 0 atom stereocenters. The Kier molecular flexibility index (Phi) is 2.84. The first-order chi connectivity index (χ1) is 7.08. The van der Waals surface area contributed by atoms with Crippen molar-refractivity contribution in [3.63, 3.8) is 0 Å². The molecule has 15 heavy (non-hydrogen) atoms. The molecule has 1 aromatic carbocycles. The maximum absolute atomic E-state index is 5.74. The maximum atomic E-state index is 5.74. The number of nitrogens with zero attached hydrogens (tertiary/aromatic N) is 2. The monoisotopic (exact) mass is 329 g/mol. The molecular weight excluding hydrogens is 322 g/mol. The molecule has 0 saturated carbocycles. The van der Waals surface area contributed by atoms with E-state index in [-0.39, 0.29) is 0 Å². The van der Waals surface area contributed by atoms with E-state index < -0.39 is 0 Å². The molecule has 0 aliphatic heterocycles. The molecule has 1 aromatic heterocycles. The van der Waals surface area contributed by atoms with Crippen molar-refractivity contribution in [2.45, 2.75) is 0 Å². The lowest BCUT2D eigenvalue weighted by atomic mass is 10.1. The summed E-state index contributed by atoms with van der Waals surface area (Å²) in [6.07, 6.45) is 0. The van der Waals surface area contributed by atoms with Crippen molar-refractivity contribution in [3.05, 3.63) is 33.2 Å². The standard InChI is InChI=1S/C10H9Br2N3/c1-15-10(13)5-9(14-15)7-4-6(11)2-3-8(7)12/h2-5H,13H2,1H3. The summed E-state index contributed by atoms with van der Waals surface area (Å²) in [5.41, 5.74) is 7.63. The van der Waals surface area contributed by atoms with Gasteiger partial charge in [0.15, 0.2) is 0 Å². The molecule has 0 amide bonds. The van der Waals surface area contributed by atoms with Crippen LogP contribution in [0.25, 0.3) is 11.3 Å². The fraction of sp³-hybridized carbons (Fsp3) is 0.100. The quantitative estimate of drug-likeness (QED) is 0.872. The highest BCUT2D eigenvalue weighted by Crippen LogP contribution is 2.30. The van der Waals surface area contributed by atoms with Crippen LogP contribution in [0.5, 0.6) is 0 Å². The van der Waals surface area contributed by atoms with Gasteiger partial charge in [-0.3, -0.25) is 4.68 Å². The summed E-state index contributed by atoms with van der Waals surface area (Å²) < 4.78 is 3.68. The highest BCUT2D eigenvalue weighted by atomic mass is 79.9. The van der Waals surface area contributed by atoms with E-state index in [1.165, 1.54) is 0 Å². The van der Waals surface area contributed by atoms with E-state index in [0.717, 1.165) is 20.2 Å². The molecule has 2 N–H and O–H groups in total. The lowest BCUT2D eigenvalue weighted by Gasteiger charge is -2.01. The maximum Gasteiger partial charge on any atom is 0.121 e. The van der Waals surface area contributed by atoms with E-state index in [1.54, 1.807) is 4.68 Å². The van der Waals surface area contributed by atoms with E-state index >= 15 is 0 Å². The summed E-state index contributed by atoms with van der Waals surface area (Å²) in [6.45, 7) is 0. The number of halogens is 2. The second kappa shape index (κ2) is 3.98. The third-order valence-electron chi connectivity index (χ3n) is 2.12. The van der Waals surface area contributed by atoms with Crippen LogP contribution in [0.2, 0.25) is 0 Å². The molecule has 0 spiro atoms. The van der Waals surface area contributed by atoms with E-state index in [1.807, 2.05) is 31.3 Å². The molecule has 2 rings (SSSR count). The Morgan fingerprint density at radius 2 is 2.00 bits per heavy atom. The predicted octanol–water partition coefficient (Wildman–Crippen LogP) is 3.19. The second-order valence-electron chi connectivity index (χ2n) is 3.20. The van der Waals surface area contributed by atoms with Crippen molar-refractivity contribution in [2.24, 2.45) is 7.05 Å². The highest BCUT2D eigenvalue weighted by Gasteiger charge is 2.08. The van der Waals surface area contributed by atoms with Crippen molar-refractivity contribution >= 4 is 37.7 Å². The van der Waals surface area contributed by atoms with Crippen LogP contribution < -0.4 is 5.73 Å². The van der Waals surface area contributed by atoms with Gasteiger partial charge in [-0.05, 0) is 18.2 Å². The van der Waals surface area contributed by atoms with Crippen LogP contribution in [0.3, 0.4) is 0 Å². The largest absolute Gasteiger partial charge is 0.384 e. The van der Waals surface area contributed by atoms with Gasteiger partial charge < -0.3 is 5.73 Å². The van der Waals surface area contributed by atoms with E-state index in [2.05, 4.69) is 37.0 Å². The van der Waals surface area contributed by atoms with Crippen LogP contribution >= 0.6 is 31.9 Å². The predicted molar refractivity (Wildman–Crippen MR) is 68.5 cm³/mol. The number of hydrogen-bond donors (Lipinski definition) is 1. The average molecular weight is 331 g/mol. The smallest absolute Gasteiger partial charge is 0.121 e. The lowest BCUT2D eigenvalue weighted by molar-refractivity contribution is 0.782. The van der Waals surface area contributed by atoms with Crippen LogP contribution in [0, 0.1) is 0 Å². The number of hydrogen-bond acceptors (Lipinski definition) is 2. The fourth-order valence-electron chi connectivity index (χ4n) is 1.31. The molecule has 5 heteroatoms. The van der Waals surface area contributed by atoms with E-state index in [9.17, 15) is 0 Å². The summed E-state index contributed by atoms with van der Waals surface area (Å²) in [6, 6.07) is 7.81. The Balaban J connectivity index is 2.58. The highest BCUT2D eigenvalue weighted by molar-refractivity contribution is 9.11. The summed E-state index contributed by atoms with van der Waals surface area (Å²) in [7, 11) is 1.82. The molecule has 0 bridgehead atoms. The van der Waals surface area contributed by atoms with Gasteiger partial charge in [-0.2, -0.15) is 5.10 Å². The summed E-state index contributed by atoms with van der Waals surface area (Å²) >= 11 is 6.92. The van der Waals surface area contributed by atoms with Crippen molar-refractivity contribution in [2.75, 3.05) is 5.73 Å².